The molecule has 0 radical (unpaired) electrons. The number of nitrogens with two attached hydrogens (primary N) is 1. The molecule has 150 valence electrons. The van der Waals surface area contributed by atoms with Crippen molar-refractivity contribution in [2.24, 2.45) is 0 Å². The summed E-state index contributed by atoms with van der Waals surface area (Å²) in [5, 5.41) is 2.39. The van der Waals surface area contributed by atoms with Crippen molar-refractivity contribution in [1.82, 2.24) is 0 Å². The van der Waals surface area contributed by atoms with Gasteiger partial charge in [0.1, 0.15) is 17.5 Å². The van der Waals surface area contributed by atoms with Gasteiger partial charge in [0.05, 0.1) is 19.8 Å². The van der Waals surface area contributed by atoms with Crippen molar-refractivity contribution < 1.29 is 19.5 Å². The van der Waals surface area contributed by atoms with Crippen LogP contribution in [-0.4, -0.2) is 19.8 Å². The second kappa shape index (κ2) is 9.01. The summed E-state index contributed by atoms with van der Waals surface area (Å²) >= 11 is 0. The molecule has 3 aromatic rings. The fourth-order valence-electron chi connectivity index (χ4n) is 3.90. The standard InChI is InChI=1S/C25H27NO3/c1-3-27-23-16-18-13-14-26-25(22(18)17-24(23)28-4-2)19-9-8-12-21(15-19)29-20-10-6-5-7-11-20/h5-12,15-17,25-26H,3-4,13-14H2,1-2H3/p+1. The van der Waals surface area contributed by atoms with Crippen molar-refractivity contribution in [3.63, 3.8) is 0 Å². The molecule has 4 heteroatoms. The van der Waals surface area contributed by atoms with Crippen LogP contribution >= 0.6 is 0 Å². The highest BCUT2D eigenvalue weighted by molar-refractivity contribution is 5.51. The van der Waals surface area contributed by atoms with Crippen LogP contribution < -0.4 is 19.5 Å². The van der Waals surface area contributed by atoms with Gasteiger partial charge in [-0.3, -0.25) is 0 Å². The molecule has 1 unspecified atom stereocenters. The molecule has 0 aliphatic carbocycles. The molecule has 0 saturated heterocycles. The number of quaternary nitrogens is 1. The van der Waals surface area contributed by atoms with Crippen LogP contribution in [-0.2, 0) is 6.42 Å². The molecule has 0 amide bonds. The van der Waals surface area contributed by atoms with E-state index >= 15 is 0 Å². The van der Waals surface area contributed by atoms with E-state index in [-0.39, 0.29) is 6.04 Å². The van der Waals surface area contributed by atoms with Gasteiger partial charge in [-0.2, -0.15) is 0 Å². The summed E-state index contributed by atoms with van der Waals surface area (Å²) in [6, 6.07) is 22.8. The number of para-hydroxylation sites is 1. The number of hydrogen-bond donors (Lipinski definition) is 1. The minimum atomic E-state index is 0.216. The molecule has 29 heavy (non-hydrogen) atoms. The first-order valence-corrected chi connectivity index (χ1v) is 10.4. The Morgan fingerprint density at radius 1 is 0.828 bits per heavy atom. The Hall–Kier alpha value is -2.98. The van der Waals surface area contributed by atoms with Gasteiger partial charge in [-0.1, -0.05) is 30.3 Å². The van der Waals surface area contributed by atoms with Gasteiger partial charge in [-0.15, -0.1) is 0 Å². The van der Waals surface area contributed by atoms with Crippen molar-refractivity contribution in [2.75, 3.05) is 19.8 Å². The summed E-state index contributed by atoms with van der Waals surface area (Å²) < 4.78 is 17.8. The predicted octanol–water partition coefficient (Wildman–Crippen LogP) is 4.49. The molecule has 1 aliphatic rings. The first-order chi connectivity index (χ1) is 14.3. The van der Waals surface area contributed by atoms with Crippen molar-refractivity contribution >= 4 is 0 Å². The molecule has 1 atom stereocenters. The molecule has 0 aromatic heterocycles. The fourth-order valence-corrected chi connectivity index (χ4v) is 3.90. The van der Waals surface area contributed by atoms with Crippen molar-refractivity contribution in [2.45, 2.75) is 26.3 Å². The number of benzene rings is 3. The highest BCUT2D eigenvalue weighted by atomic mass is 16.5. The fraction of sp³-hybridized carbons (Fsp3) is 0.280. The van der Waals surface area contributed by atoms with Gasteiger partial charge < -0.3 is 19.5 Å². The number of hydrogen-bond acceptors (Lipinski definition) is 3. The summed E-state index contributed by atoms with van der Waals surface area (Å²) in [5.41, 5.74) is 3.85. The summed E-state index contributed by atoms with van der Waals surface area (Å²) in [6.45, 7) is 6.30. The third kappa shape index (κ3) is 4.38. The zero-order chi connectivity index (χ0) is 20.1. The van der Waals surface area contributed by atoms with E-state index in [1.807, 2.05) is 50.2 Å². The Balaban J connectivity index is 1.67. The molecule has 4 rings (SSSR count). The van der Waals surface area contributed by atoms with Gasteiger partial charge >= 0.3 is 0 Å². The lowest BCUT2D eigenvalue weighted by Crippen LogP contribution is -2.87. The van der Waals surface area contributed by atoms with E-state index in [4.69, 9.17) is 14.2 Å². The first kappa shape index (κ1) is 19.3. The molecule has 0 spiro atoms. The maximum Gasteiger partial charge on any atom is 0.161 e. The Kier molecular flexibility index (Phi) is 6.01. The average molecular weight is 391 g/mol. The van der Waals surface area contributed by atoms with Crippen LogP contribution in [0.2, 0.25) is 0 Å². The van der Waals surface area contributed by atoms with Crippen LogP contribution in [0.25, 0.3) is 0 Å². The Morgan fingerprint density at radius 2 is 1.55 bits per heavy atom. The van der Waals surface area contributed by atoms with E-state index in [0.717, 1.165) is 36.0 Å². The van der Waals surface area contributed by atoms with Crippen LogP contribution in [0, 0.1) is 0 Å². The van der Waals surface area contributed by atoms with Gasteiger partial charge in [0.15, 0.2) is 11.5 Å². The van der Waals surface area contributed by atoms with Crippen LogP contribution in [0.1, 0.15) is 36.6 Å². The summed E-state index contributed by atoms with van der Waals surface area (Å²) in [4.78, 5) is 0. The second-order valence-electron chi connectivity index (χ2n) is 7.10. The van der Waals surface area contributed by atoms with Crippen LogP contribution in [0.15, 0.2) is 66.7 Å². The van der Waals surface area contributed by atoms with Gasteiger partial charge in [0.25, 0.3) is 0 Å². The number of rotatable bonds is 7. The minimum Gasteiger partial charge on any atom is -0.490 e. The predicted molar refractivity (Wildman–Crippen MR) is 114 cm³/mol. The van der Waals surface area contributed by atoms with Crippen LogP contribution in [0.5, 0.6) is 23.0 Å². The molecule has 0 fully saturated rings. The molecule has 4 nitrogen and oxygen atoms in total. The summed E-state index contributed by atoms with van der Waals surface area (Å²) in [5.74, 6) is 3.36. The second-order valence-corrected chi connectivity index (χ2v) is 7.10. The number of ether oxygens (including phenoxy) is 3. The van der Waals surface area contributed by atoms with Crippen molar-refractivity contribution in [3.8, 4) is 23.0 Å². The normalized spacial score (nSPS) is 15.4. The zero-order valence-electron chi connectivity index (χ0n) is 17.1. The topological polar surface area (TPSA) is 44.3 Å². The van der Waals surface area contributed by atoms with Crippen molar-refractivity contribution in [1.29, 1.82) is 0 Å². The lowest BCUT2D eigenvalue weighted by molar-refractivity contribution is -0.690. The van der Waals surface area contributed by atoms with E-state index in [9.17, 15) is 0 Å². The SMILES string of the molecule is CCOc1cc2c(cc1OCC)C(c1cccc(Oc3ccccc3)c1)[NH2+]CC2. The van der Waals surface area contributed by atoms with Gasteiger partial charge in [0.2, 0.25) is 0 Å². The smallest absolute Gasteiger partial charge is 0.161 e. The first-order valence-electron chi connectivity index (χ1n) is 10.4. The van der Waals surface area contributed by atoms with Gasteiger partial charge in [0, 0.05) is 17.5 Å². The highest BCUT2D eigenvalue weighted by Crippen LogP contribution is 2.36. The summed E-state index contributed by atoms with van der Waals surface area (Å²) in [7, 11) is 0. The molecule has 1 heterocycles. The molecular weight excluding hydrogens is 362 g/mol. The van der Waals surface area contributed by atoms with Gasteiger partial charge in [-0.05, 0) is 55.8 Å². The van der Waals surface area contributed by atoms with E-state index in [1.54, 1.807) is 0 Å². The third-order valence-corrected chi connectivity index (χ3v) is 5.15. The van der Waals surface area contributed by atoms with Gasteiger partial charge in [-0.25, -0.2) is 0 Å². The average Bonchev–Trinajstić information content (AvgIpc) is 2.75. The molecule has 2 N–H and O–H groups in total. The Morgan fingerprint density at radius 3 is 2.31 bits per heavy atom. The Bertz CT molecular complexity index is 956. The van der Waals surface area contributed by atoms with E-state index in [1.165, 1.54) is 16.7 Å². The maximum absolute atomic E-state index is 6.05. The molecule has 1 aliphatic heterocycles. The lowest BCUT2D eigenvalue weighted by atomic mass is 9.89. The largest absolute Gasteiger partial charge is 0.490 e. The molecular formula is C25H28NO3+. The lowest BCUT2D eigenvalue weighted by Gasteiger charge is -2.26. The van der Waals surface area contributed by atoms with E-state index in [2.05, 4.69) is 35.6 Å². The summed E-state index contributed by atoms with van der Waals surface area (Å²) in [6.07, 6.45) is 1.03. The quantitative estimate of drug-likeness (QED) is 0.647. The molecule has 0 bridgehead atoms. The molecule has 3 aromatic carbocycles. The monoisotopic (exact) mass is 390 g/mol. The Labute approximate surface area is 172 Å². The van der Waals surface area contributed by atoms with Crippen LogP contribution in [0.3, 0.4) is 0 Å². The van der Waals surface area contributed by atoms with Crippen molar-refractivity contribution in [3.05, 3.63) is 83.4 Å². The highest BCUT2D eigenvalue weighted by Gasteiger charge is 2.27. The minimum absolute atomic E-state index is 0.216. The van der Waals surface area contributed by atoms with E-state index in [0.29, 0.717) is 13.2 Å². The zero-order valence-corrected chi connectivity index (χ0v) is 17.1. The van der Waals surface area contributed by atoms with Crippen LogP contribution in [0.4, 0.5) is 0 Å². The van der Waals surface area contributed by atoms with E-state index < -0.39 is 0 Å². The molecule has 0 saturated carbocycles. The number of fused-ring (bicyclic) bond motifs is 1. The third-order valence-electron chi connectivity index (χ3n) is 5.15. The maximum atomic E-state index is 6.05.